The fourth-order valence-corrected chi connectivity index (χ4v) is 6.11. The van der Waals surface area contributed by atoms with Crippen LogP contribution in [-0.4, -0.2) is 56.9 Å². The molecule has 2 N–H and O–H groups in total. The minimum Gasteiger partial charge on any atom is -0.474 e. The van der Waals surface area contributed by atoms with Gasteiger partial charge in [0.1, 0.15) is 23.6 Å². The Kier molecular flexibility index (Phi) is 7.56. The Morgan fingerprint density at radius 3 is 2.80 bits per heavy atom. The van der Waals surface area contributed by atoms with Crippen molar-refractivity contribution in [2.24, 2.45) is 7.05 Å². The summed E-state index contributed by atoms with van der Waals surface area (Å²) in [5, 5.41) is 5.89. The molecule has 6 aromatic rings. The van der Waals surface area contributed by atoms with Crippen LogP contribution in [0.25, 0.3) is 33.5 Å². The van der Waals surface area contributed by atoms with Crippen molar-refractivity contribution in [2.75, 3.05) is 24.6 Å². The van der Waals surface area contributed by atoms with E-state index >= 15 is 0 Å². The van der Waals surface area contributed by atoms with Gasteiger partial charge >= 0.3 is 5.76 Å². The number of pyridine rings is 1. The van der Waals surface area contributed by atoms with Crippen LogP contribution in [0.15, 0.2) is 80.8 Å². The lowest BCUT2D eigenvalue weighted by Crippen LogP contribution is -2.39. The van der Waals surface area contributed by atoms with Gasteiger partial charge < -0.3 is 23.8 Å². The maximum atomic E-state index is 12.8. The zero-order chi connectivity index (χ0) is 34.4. The zero-order valence-corrected chi connectivity index (χ0v) is 26.6. The lowest BCUT2D eigenvalue weighted by Gasteiger charge is -2.30. The summed E-state index contributed by atoms with van der Waals surface area (Å²) < 4.78 is 18.3. The molecule has 0 aliphatic carbocycles. The molecule has 1 atom stereocenters. The second-order valence-corrected chi connectivity index (χ2v) is 11.8. The lowest BCUT2D eigenvalue weighted by atomic mass is 9.90. The summed E-state index contributed by atoms with van der Waals surface area (Å²) in [6, 6.07) is 14.2. The molecule has 3 amide bonds. The third kappa shape index (κ3) is 5.60. The molecule has 2 aliphatic rings. The Morgan fingerprint density at radius 2 is 1.96 bits per heavy atom. The van der Waals surface area contributed by atoms with E-state index in [9.17, 15) is 19.2 Å². The number of nitrogens with one attached hydrogen (secondary N) is 2. The van der Waals surface area contributed by atoms with Crippen LogP contribution in [0.3, 0.4) is 0 Å². The van der Waals surface area contributed by atoms with Crippen molar-refractivity contribution in [3.8, 4) is 29.1 Å². The van der Waals surface area contributed by atoms with Crippen LogP contribution >= 0.6 is 0 Å². The SMILES string of the molecule is Cn1c(=O)oc2cc(N3CCOc4nc(-c5ccc(C(=O)NCC#Cc6ccc7occ(C8CCC(=O)NC8=O)c7c6)nc5)ncc43)ccc21. The van der Waals surface area contributed by atoms with Gasteiger partial charge in [0.2, 0.25) is 17.7 Å². The number of carbonyl (C=O) groups excluding carboxylic acids is 3. The number of anilines is 2. The number of carbonyl (C=O) groups is 3. The first-order chi connectivity index (χ1) is 24.3. The number of oxazole rings is 1. The van der Waals surface area contributed by atoms with Crippen molar-refractivity contribution in [1.82, 2.24) is 30.2 Å². The number of hydrogen-bond acceptors (Lipinski definition) is 11. The van der Waals surface area contributed by atoms with Crippen LogP contribution < -0.4 is 26.0 Å². The van der Waals surface area contributed by atoms with E-state index in [1.807, 2.05) is 23.1 Å². The number of hydrogen-bond donors (Lipinski definition) is 2. The smallest absolute Gasteiger partial charge is 0.419 e. The van der Waals surface area contributed by atoms with Crippen LogP contribution in [0, 0.1) is 11.8 Å². The number of ether oxygens (including phenoxy) is 1. The number of imide groups is 1. The molecule has 14 heteroatoms. The molecule has 0 bridgehead atoms. The van der Waals surface area contributed by atoms with E-state index in [0.29, 0.717) is 70.3 Å². The molecule has 0 spiro atoms. The molecule has 50 heavy (non-hydrogen) atoms. The van der Waals surface area contributed by atoms with Gasteiger partial charge in [0.15, 0.2) is 11.4 Å². The maximum Gasteiger partial charge on any atom is 0.419 e. The largest absolute Gasteiger partial charge is 0.474 e. The van der Waals surface area contributed by atoms with E-state index < -0.39 is 17.6 Å². The Bertz CT molecular complexity index is 2470. The minimum atomic E-state index is -0.471. The monoisotopic (exact) mass is 669 g/mol. The second-order valence-electron chi connectivity index (χ2n) is 11.8. The van der Waals surface area contributed by atoms with Gasteiger partial charge in [-0.05, 0) is 48.9 Å². The number of nitrogens with zero attached hydrogens (tertiary/aromatic N) is 5. The molecular weight excluding hydrogens is 642 g/mol. The first-order valence-electron chi connectivity index (χ1n) is 15.8. The van der Waals surface area contributed by atoms with E-state index in [1.54, 1.807) is 49.8 Å². The van der Waals surface area contributed by atoms with Gasteiger partial charge in [0.05, 0.1) is 37.0 Å². The lowest BCUT2D eigenvalue weighted by molar-refractivity contribution is -0.134. The molecule has 1 fully saturated rings. The summed E-state index contributed by atoms with van der Waals surface area (Å²) >= 11 is 0. The molecule has 2 aliphatic heterocycles. The van der Waals surface area contributed by atoms with Gasteiger partial charge in [-0.2, -0.15) is 4.98 Å². The number of fused-ring (bicyclic) bond motifs is 3. The molecule has 1 saturated heterocycles. The standard InChI is InChI=1S/C36H27N7O7/c1-42-27-9-6-22(16-30(27)50-36(42)47)43-13-14-48-35-28(43)18-39-32(41-35)21-5-8-26(38-17-21)34(46)37-12-2-3-20-4-10-29-24(15-20)25(19-49-29)23-7-11-31(44)40-33(23)45/h4-6,8-10,15-19,23H,7,11-14H2,1H3,(H,37,46)(H,40,44,45). The molecule has 8 rings (SSSR count). The number of amides is 3. The van der Waals surface area contributed by atoms with Crippen LogP contribution in [0.4, 0.5) is 11.4 Å². The third-order valence-corrected chi connectivity index (χ3v) is 8.71. The molecule has 0 radical (unpaired) electrons. The molecule has 4 aromatic heterocycles. The summed E-state index contributed by atoms with van der Waals surface area (Å²) in [4.78, 5) is 64.1. The first kappa shape index (κ1) is 30.6. The van der Waals surface area contributed by atoms with Gasteiger partial charge in [-0.1, -0.05) is 11.8 Å². The Morgan fingerprint density at radius 1 is 1.06 bits per heavy atom. The van der Waals surface area contributed by atoms with Crippen LogP contribution in [0.5, 0.6) is 5.88 Å². The van der Waals surface area contributed by atoms with Crippen molar-refractivity contribution in [2.45, 2.75) is 18.8 Å². The number of furan rings is 1. The molecule has 248 valence electrons. The summed E-state index contributed by atoms with van der Waals surface area (Å²) in [7, 11) is 1.66. The van der Waals surface area contributed by atoms with Crippen LogP contribution in [0.1, 0.15) is 40.4 Å². The Balaban J connectivity index is 0.921. The summed E-state index contributed by atoms with van der Waals surface area (Å²) in [6.45, 7) is 1.03. The van der Waals surface area contributed by atoms with E-state index in [4.69, 9.17) is 13.6 Å². The van der Waals surface area contributed by atoms with E-state index in [-0.39, 0.29) is 30.5 Å². The highest BCUT2D eigenvalue weighted by molar-refractivity contribution is 6.02. The topological polar surface area (TPSA) is 175 Å². The van der Waals surface area contributed by atoms with Crippen LogP contribution in [-0.2, 0) is 16.6 Å². The summed E-state index contributed by atoms with van der Waals surface area (Å²) in [6.07, 6.45) is 5.43. The molecule has 0 saturated carbocycles. The highest BCUT2D eigenvalue weighted by atomic mass is 16.5. The number of rotatable bonds is 5. The fraction of sp³-hybridized carbons (Fsp3) is 0.194. The van der Waals surface area contributed by atoms with Crippen molar-refractivity contribution in [3.63, 3.8) is 0 Å². The third-order valence-electron chi connectivity index (χ3n) is 8.71. The van der Waals surface area contributed by atoms with Crippen molar-refractivity contribution in [3.05, 3.63) is 94.6 Å². The van der Waals surface area contributed by atoms with E-state index in [0.717, 1.165) is 11.1 Å². The predicted molar refractivity (Wildman–Crippen MR) is 180 cm³/mol. The van der Waals surface area contributed by atoms with Gasteiger partial charge in [-0.15, -0.1) is 0 Å². The van der Waals surface area contributed by atoms with Crippen LogP contribution in [0.2, 0.25) is 0 Å². The molecule has 14 nitrogen and oxygen atoms in total. The Hall–Kier alpha value is -6.75. The summed E-state index contributed by atoms with van der Waals surface area (Å²) in [5.74, 6) is 4.85. The van der Waals surface area contributed by atoms with E-state index in [1.165, 1.54) is 10.8 Å². The molecule has 2 aromatic carbocycles. The minimum absolute atomic E-state index is 0.0802. The number of benzene rings is 2. The van der Waals surface area contributed by atoms with Crippen molar-refractivity contribution >= 4 is 51.2 Å². The van der Waals surface area contributed by atoms with Gasteiger partial charge in [-0.25, -0.2) is 9.78 Å². The quantitative estimate of drug-likeness (QED) is 0.203. The first-order valence-corrected chi connectivity index (χ1v) is 15.8. The fourth-order valence-electron chi connectivity index (χ4n) is 6.11. The van der Waals surface area contributed by atoms with Gasteiger partial charge in [0.25, 0.3) is 5.91 Å². The van der Waals surface area contributed by atoms with E-state index in [2.05, 4.69) is 37.4 Å². The highest BCUT2D eigenvalue weighted by Crippen LogP contribution is 2.37. The normalized spacial score (nSPS) is 15.6. The number of piperidine rings is 1. The zero-order valence-electron chi connectivity index (χ0n) is 26.6. The highest BCUT2D eigenvalue weighted by Gasteiger charge is 2.30. The number of aryl methyl sites for hydroxylation is 1. The van der Waals surface area contributed by atoms with Gasteiger partial charge in [0, 0.05) is 53.5 Å². The van der Waals surface area contributed by atoms with Gasteiger partial charge in [-0.3, -0.25) is 29.3 Å². The van der Waals surface area contributed by atoms with Crippen molar-refractivity contribution < 1.29 is 28.0 Å². The number of aromatic nitrogens is 4. The molecule has 6 heterocycles. The van der Waals surface area contributed by atoms with Crippen molar-refractivity contribution in [1.29, 1.82) is 0 Å². The average molecular weight is 670 g/mol. The molecule has 1 unspecified atom stereocenters. The summed E-state index contributed by atoms with van der Waals surface area (Å²) in [5.41, 5.74) is 5.48. The average Bonchev–Trinajstić information content (AvgIpc) is 3.68. The molecular formula is C36H27N7O7. The Labute approximate surface area is 283 Å². The predicted octanol–water partition coefficient (Wildman–Crippen LogP) is 3.56. The maximum absolute atomic E-state index is 12.8. The second kappa shape index (κ2) is 12.4.